The van der Waals surface area contributed by atoms with E-state index in [1.807, 2.05) is 42.5 Å². The molecule has 148 valence electrons. The van der Waals surface area contributed by atoms with E-state index in [2.05, 4.69) is 5.32 Å². The van der Waals surface area contributed by atoms with Crippen LogP contribution in [0.15, 0.2) is 42.5 Å². The normalized spacial score (nSPS) is 16.4. The van der Waals surface area contributed by atoms with Crippen LogP contribution < -0.4 is 14.8 Å². The summed E-state index contributed by atoms with van der Waals surface area (Å²) in [4.78, 5) is 26.1. The summed E-state index contributed by atoms with van der Waals surface area (Å²) < 4.78 is 10.7. The summed E-state index contributed by atoms with van der Waals surface area (Å²) in [6.45, 7) is 2.75. The quantitative estimate of drug-likeness (QED) is 0.858. The second-order valence-corrected chi connectivity index (χ2v) is 6.94. The van der Waals surface area contributed by atoms with Gasteiger partial charge in [-0.2, -0.15) is 0 Å². The number of carbonyl (C=O) groups excluding carboxylic acids is 2. The fourth-order valence-electron chi connectivity index (χ4n) is 3.50. The number of rotatable bonds is 5. The summed E-state index contributed by atoms with van der Waals surface area (Å²) in [5.41, 5.74) is 2.56. The molecule has 3 rings (SSSR count). The zero-order valence-corrected chi connectivity index (χ0v) is 16.5. The van der Waals surface area contributed by atoms with Gasteiger partial charge in [0.25, 0.3) is 0 Å². The molecular weight excluding hydrogens is 356 g/mol. The summed E-state index contributed by atoms with van der Waals surface area (Å²) >= 11 is 0. The molecule has 1 aliphatic rings. The Hall–Kier alpha value is -3.02. The lowest BCUT2D eigenvalue weighted by Crippen LogP contribution is -2.42. The van der Waals surface area contributed by atoms with Crippen molar-refractivity contribution < 1.29 is 19.1 Å². The Kier molecular flexibility index (Phi) is 6.19. The van der Waals surface area contributed by atoms with Crippen molar-refractivity contribution in [2.45, 2.75) is 19.8 Å². The third-order valence-electron chi connectivity index (χ3n) is 5.11. The molecular formula is C22H26N2O4. The third kappa shape index (κ3) is 4.44. The molecule has 0 bridgehead atoms. The van der Waals surface area contributed by atoms with Gasteiger partial charge in [-0.05, 0) is 48.7 Å². The fraction of sp³-hybridized carbons (Fsp3) is 0.364. The summed E-state index contributed by atoms with van der Waals surface area (Å²) in [5.74, 6) is 1.27. The number of nitrogens with one attached hydrogen (secondary N) is 1. The smallest absolute Gasteiger partial charge is 0.229 e. The summed E-state index contributed by atoms with van der Waals surface area (Å²) in [6.07, 6.45) is 1.63. The molecule has 2 amide bonds. The molecule has 1 fully saturated rings. The van der Waals surface area contributed by atoms with Gasteiger partial charge >= 0.3 is 0 Å². The molecule has 0 unspecified atom stereocenters. The minimum atomic E-state index is -0.191. The number of ether oxygens (including phenoxy) is 2. The van der Waals surface area contributed by atoms with Crippen molar-refractivity contribution in [2.75, 3.05) is 32.6 Å². The number of methoxy groups -OCH3 is 2. The molecule has 6 nitrogen and oxygen atoms in total. The molecule has 0 aliphatic carbocycles. The molecule has 0 aromatic heterocycles. The topological polar surface area (TPSA) is 67.9 Å². The van der Waals surface area contributed by atoms with Crippen LogP contribution in [0.3, 0.4) is 0 Å². The molecule has 1 N–H and O–H groups in total. The predicted molar refractivity (Wildman–Crippen MR) is 109 cm³/mol. The van der Waals surface area contributed by atoms with Crippen molar-refractivity contribution in [2.24, 2.45) is 5.92 Å². The van der Waals surface area contributed by atoms with Gasteiger partial charge in [-0.1, -0.05) is 12.1 Å². The highest BCUT2D eigenvalue weighted by Gasteiger charge is 2.27. The Morgan fingerprint density at radius 2 is 1.82 bits per heavy atom. The fourth-order valence-corrected chi connectivity index (χ4v) is 3.50. The van der Waals surface area contributed by atoms with Crippen molar-refractivity contribution in [3.8, 4) is 22.6 Å². The van der Waals surface area contributed by atoms with E-state index in [9.17, 15) is 9.59 Å². The van der Waals surface area contributed by atoms with Crippen LogP contribution in [0, 0.1) is 5.92 Å². The van der Waals surface area contributed by atoms with E-state index in [1.54, 1.807) is 26.0 Å². The Morgan fingerprint density at radius 1 is 1.07 bits per heavy atom. The second-order valence-electron chi connectivity index (χ2n) is 6.94. The minimum absolute atomic E-state index is 0.0174. The number of likely N-dealkylation sites (tertiary alicyclic amines) is 1. The largest absolute Gasteiger partial charge is 0.497 e. The number of hydrogen-bond donors (Lipinski definition) is 1. The van der Waals surface area contributed by atoms with Crippen LogP contribution in [0.1, 0.15) is 19.8 Å². The maximum absolute atomic E-state index is 12.7. The van der Waals surface area contributed by atoms with Crippen molar-refractivity contribution in [1.82, 2.24) is 4.90 Å². The van der Waals surface area contributed by atoms with Gasteiger partial charge in [-0.25, -0.2) is 0 Å². The van der Waals surface area contributed by atoms with Crippen molar-refractivity contribution >= 4 is 17.5 Å². The lowest BCUT2D eigenvalue weighted by atomic mass is 9.96. The van der Waals surface area contributed by atoms with Crippen molar-refractivity contribution in [1.29, 1.82) is 0 Å². The zero-order valence-electron chi connectivity index (χ0n) is 16.5. The third-order valence-corrected chi connectivity index (χ3v) is 5.11. The van der Waals surface area contributed by atoms with Crippen LogP contribution in [-0.4, -0.2) is 44.0 Å². The summed E-state index contributed by atoms with van der Waals surface area (Å²) in [5, 5.41) is 3.00. The molecule has 2 aromatic rings. The standard InChI is InChI=1S/C22H26N2O4/c1-15(25)24-12-4-5-17(14-24)22(26)23-18-8-11-21(28-3)20(13-18)16-6-9-19(27-2)10-7-16/h6-11,13,17H,4-5,12,14H2,1-3H3,(H,23,26)/t17-/m0/s1. The number of hydrogen-bond acceptors (Lipinski definition) is 4. The number of amides is 2. The van der Waals surface area contributed by atoms with E-state index >= 15 is 0 Å². The maximum atomic E-state index is 12.7. The first kappa shape index (κ1) is 19.7. The lowest BCUT2D eigenvalue weighted by Gasteiger charge is -2.31. The van der Waals surface area contributed by atoms with Crippen LogP contribution in [0.2, 0.25) is 0 Å². The molecule has 1 atom stereocenters. The predicted octanol–water partition coefficient (Wildman–Crippen LogP) is 3.57. The summed E-state index contributed by atoms with van der Waals surface area (Å²) in [7, 11) is 3.25. The van der Waals surface area contributed by atoms with Gasteiger partial charge in [0.1, 0.15) is 11.5 Å². The van der Waals surface area contributed by atoms with E-state index in [4.69, 9.17) is 9.47 Å². The Morgan fingerprint density at radius 3 is 2.46 bits per heavy atom. The van der Waals surface area contributed by atoms with Crippen LogP contribution in [-0.2, 0) is 9.59 Å². The molecule has 1 saturated heterocycles. The highest BCUT2D eigenvalue weighted by molar-refractivity contribution is 5.94. The summed E-state index contributed by atoms with van der Waals surface area (Å²) in [6, 6.07) is 13.3. The van der Waals surface area contributed by atoms with Gasteiger partial charge in [-0.3, -0.25) is 9.59 Å². The highest BCUT2D eigenvalue weighted by atomic mass is 16.5. The minimum Gasteiger partial charge on any atom is -0.497 e. The highest BCUT2D eigenvalue weighted by Crippen LogP contribution is 2.33. The number of benzene rings is 2. The van der Waals surface area contributed by atoms with E-state index in [0.717, 1.165) is 42.0 Å². The maximum Gasteiger partial charge on any atom is 0.229 e. The van der Waals surface area contributed by atoms with E-state index < -0.39 is 0 Å². The average molecular weight is 382 g/mol. The molecule has 0 saturated carbocycles. The molecule has 0 spiro atoms. The second kappa shape index (κ2) is 8.78. The van der Waals surface area contributed by atoms with Gasteiger partial charge in [0.2, 0.25) is 11.8 Å². The van der Waals surface area contributed by atoms with Gasteiger partial charge in [0, 0.05) is 31.3 Å². The van der Waals surface area contributed by atoms with E-state index in [0.29, 0.717) is 12.2 Å². The van der Waals surface area contributed by atoms with Crippen molar-refractivity contribution in [3.05, 3.63) is 42.5 Å². The van der Waals surface area contributed by atoms with E-state index in [-0.39, 0.29) is 17.7 Å². The number of anilines is 1. The number of piperidine rings is 1. The first-order valence-corrected chi connectivity index (χ1v) is 9.40. The monoisotopic (exact) mass is 382 g/mol. The van der Waals surface area contributed by atoms with Crippen LogP contribution in [0.5, 0.6) is 11.5 Å². The lowest BCUT2D eigenvalue weighted by molar-refractivity contribution is -0.132. The van der Waals surface area contributed by atoms with Gasteiger partial charge in [0.05, 0.1) is 20.1 Å². The molecule has 0 radical (unpaired) electrons. The van der Waals surface area contributed by atoms with Crippen LogP contribution in [0.4, 0.5) is 5.69 Å². The molecule has 1 aliphatic heterocycles. The Balaban J connectivity index is 1.78. The van der Waals surface area contributed by atoms with Crippen LogP contribution in [0.25, 0.3) is 11.1 Å². The van der Waals surface area contributed by atoms with E-state index in [1.165, 1.54) is 0 Å². The first-order chi connectivity index (χ1) is 13.5. The van der Waals surface area contributed by atoms with Gasteiger partial charge < -0.3 is 19.7 Å². The first-order valence-electron chi connectivity index (χ1n) is 9.40. The average Bonchev–Trinajstić information content (AvgIpc) is 2.73. The SMILES string of the molecule is COc1ccc(-c2cc(NC(=O)[C@H]3CCCN(C(C)=O)C3)ccc2OC)cc1. The Labute approximate surface area is 165 Å². The number of carbonyl (C=O) groups is 2. The van der Waals surface area contributed by atoms with Crippen molar-refractivity contribution in [3.63, 3.8) is 0 Å². The molecule has 1 heterocycles. The molecule has 28 heavy (non-hydrogen) atoms. The van der Waals surface area contributed by atoms with Gasteiger partial charge in [-0.15, -0.1) is 0 Å². The Bertz CT molecular complexity index is 848. The van der Waals surface area contributed by atoms with Gasteiger partial charge in [0.15, 0.2) is 0 Å². The number of nitrogens with zero attached hydrogens (tertiary/aromatic N) is 1. The molecule has 6 heteroatoms. The molecule has 2 aromatic carbocycles. The zero-order chi connectivity index (χ0) is 20.1. The van der Waals surface area contributed by atoms with Crippen LogP contribution >= 0.6 is 0 Å².